The summed E-state index contributed by atoms with van der Waals surface area (Å²) in [6.45, 7) is 4.24. The van der Waals surface area contributed by atoms with E-state index in [9.17, 15) is 0 Å². The van der Waals surface area contributed by atoms with Gasteiger partial charge in [0.05, 0.1) is 5.69 Å². The molecule has 0 aliphatic rings. The topological polar surface area (TPSA) is 68.8 Å². The Morgan fingerprint density at radius 2 is 2.11 bits per heavy atom. The van der Waals surface area contributed by atoms with Gasteiger partial charge in [0, 0.05) is 25.7 Å². The molecule has 1 aromatic heterocycles. The monoisotopic (exact) mass is 259 g/mol. The summed E-state index contributed by atoms with van der Waals surface area (Å²) in [5.74, 6) is 5.66. The molecular formula is C14H21N5. The molecule has 1 aromatic carbocycles. The molecule has 1 unspecified atom stereocenters. The minimum atomic E-state index is 0.164. The Morgan fingerprint density at radius 1 is 1.32 bits per heavy atom. The van der Waals surface area contributed by atoms with Gasteiger partial charge in [0.15, 0.2) is 0 Å². The number of hydrazine groups is 1. The van der Waals surface area contributed by atoms with E-state index in [2.05, 4.69) is 47.8 Å². The predicted octanol–water partition coefficient (Wildman–Crippen LogP) is 1.05. The van der Waals surface area contributed by atoms with Gasteiger partial charge in [0.25, 0.3) is 0 Å². The number of hydrogen-bond acceptors (Lipinski definition) is 4. The molecule has 2 aromatic rings. The van der Waals surface area contributed by atoms with Crippen molar-refractivity contribution < 1.29 is 0 Å². The third-order valence-electron chi connectivity index (χ3n) is 3.31. The van der Waals surface area contributed by atoms with Crippen LogP contribution in [0.5, 0.6) is 0 Å². The zero-order valence-corrected chi connectivity index (χ0v) is 11.7. The number of benzene rings is 1. The summed E-state index contributed by atoms with van der Waals surface area (Å²) in [6, 6.07) is 6.67. The van der Waals surface area contributed by atoms with Gasteiger partial charge in [-0.15, -0.1) is 5.10 Å². The Bertz CT molecular complexity index is 547. The maximum absolute atomic E-state index is 5.66. The molecule has 0 spiro atoms. The Morgan fingerprint density at radius 3 is 2.74 bits per heavy atom. The molecule has 2 rings (SSSR count). The molecule has 0 aliphatic carbocycles. The number of nitrogens with one attached hydrogen (secondary N) is 1. The highest BCUT2D eigenvalue weighted by molar-refractivity contribution is 5.31. The Hall–Kier alpha value is -1.72. The number of aryl methyl sites for hydroxylation is 3. The summed E-state index contributed by atoms with van der Waals surface area (Å²) < 4.78 is 1.71. The summed E-state index contributed by atoms with van der Waals surface area (Å²) in [4.78, 5) is 0. The lowest BCUT2D eigenvalue weighted by Crippen LogP contribution is -2.38. The van der Waals surface area contributed by atoms with Gasteiger partial charge in [-0.1, -0.05) is 29.0 Å². The highest BCUT2D eigenvalue weighted by Gasteiger charge is 2.12. The Labute approximate surface area is 113 Å². The third-order valence-corrected chi connectivity index (χ3v) is 3.31. The molecule has 0 fully saturated rings. The summed E-state index contributed by atoms with van der Waals surface area (Å²) in [5.41, 5.74) is 7.73. The van der Waals surface area contributed by atoms with Gasteiger partial charge < -0.3 is 0 Å². The van der Waals surface area contributed by atoms with E-state index in [0.717, 1.165) is 18.5 Å². The number of nitrogens with two attached hydrogens (primary N) is 1. The minimum Gasteiger partial charge on any atom is -0.271 e. The first-order valence-electron chi connectivity index (χ1n) is 6.46. The summed E-state index contributed by atoms with van der Waals surface area (Å²) >= 11 is 0. The highest BCUT2D eigenvalue weighted by atomic mass is 15.4. The standard InChI is InChI=1S/C14H21N5/c1-10-4-5-11(2)12(6-10)7-13(16-15)8-14-9-19(3)18-17-14/h4-6,9,13,16H,7-8,15H2,1-3H3. The van der Waals surface area contributed by atoms with Gasteiger partial charge in [-0.2, -0.15) is 0 Å². The van der Waals surface area contributed by atoms with Crippen LogP contribution in [0.15, 0.2) is 24.4 Å². The van der Waals surface area contributed by atoms with Crippen LogP contribution < -0.4 is 11.3 Å². The van der Waals surface area contributed by atoms with Crippen molar-refractivity contribution in [3.8, 4) is 0 Å². The highest BCUT2D eigenvalue weighted by Crippen LogP contribution is 2.14. The lowest BCUT2D eigenvalue weighted by molar-refractivity contribution is 0.516. The molecule has 0 amide bonds. The molecule has 0 aliphatic heterocycles. The fourth-order valence-electron chi connectivity index (χ4n) is 2.22. The van der Waals surface area contributed by atoms with Crippen molar-refractivity contribution in [1.82, 2.24) is 20.4 Å². The van der Waals surface area contributed by atoms with Crippen LogP contribution in [-0.4, -0.2) is 21.0 Å². The SMILES string of the molecule is Cc1ccc(C)c(CC(Cc2cn(C)nn2)NN)c1. The molecule has 0 bridgehead atoms. The fourth-order valence-corrected chi connectivity index (χ4v) is 2.22. The van der Waals surface area contributed by atoms with Crippen LogP contribution in [0.4, 0.5) is 0 Å². The molecule has 19 heavy (non-hydrogen) atoms. The van der Waals surface area contributed by atoms with Gasteiger partial charge in [-0.3, -0.25) is 16.0 Å². The van der Waals surface area contributed by atoms with E-state index in [1.54, 1.807) is 4.68 Å². The second-order valence-corrected chi connectivity index (χ2v) is 5.09. The average Bonchev–Trinajstić information content (AvgIpc) is 2.78. The summed E-state index contributed by atoms with van der Waals surface area (Å²) in [6.07, 6.45) is 3.59. The van der Waals surface area contributed by atoms with Crippen molar-refractivity contribution in [3.05, 3.63) is 46.8 Å². The molecule has 0 radical (unpaired) electrons. The molecule has 0 saturated heterocycles. The second-order valence-electron chi connectivity index (χ2n) is 5.09. The first-order valence-corrected chi connectivity index (χ1v) is 6.46. The zero-order chi connectivity index (χ0) is 13.8. The van der Waals surface area contributed by atoms with Gasteiger partial charge in [0.2, 0.25) is 0 Å². The predicted molar refractivity (Wildman–Crippen MR) is 75.4 cm³/mol. The van der Waals surface area contributed by atoms with E-state index in [1.165, 1.54) is 16.7 Å². The summed E-state index contributed by atoms with van der Waals surface area (Å²) in [5, 5.41) is 8.04. The Balaban J connectivity index is 2.08. The smallest absolute Gasteiger partial charge is 0.0843 e. The van der Waals surface area contributed by atoms with E-state index >= 15 is 0 Å². The molecule has 5 nitrogen and oxygen atoms in total. The van der Waals surface area contributed by atoms with Crippen LogP contribution in [-0.2, 0) is 19.9 Å². The van der Waals surface area contributed by atoms with Crippen molar-refractivity contribution in [2.75, 3.05) is 0 Å². The number of rotatable bonds is 5. The van der Waals surface area contributed by atoms with Crippen LogP contribution in [0.2, 0.25) is 0 Å². The van der Waals surface area contributed by atoms with Gasteiger partial charge >= 0.3 is 0 Å². The van der Waals surface area contributed by atoms with Crippen molar-refractivity contribution in [2.45, 2.75) is 32.7 Å². The summed E-state index contributed by atoms with van der Waals surface area (Å²) in [7, 11) is 1.87. The number of nitrogens with zero attached hydrogens (tertiary/aromatic N) is 3. The normalized spacial score (nSPS) is 12.6. The van der Waals surface area contributed by atoms with E-state index in [-0.39, 0.29) is 6.04 Å². The van der Waals surface area contributed by atoms with Crippen molar-refractivity contribution in [1.29, 1.82) is 0 Å². The largest absolute Gasteiger partial charge is 0.271 e. The van der Waals surface area contributed by atoms with Gasteiger partial charge in [0.1, 0.15) is 0 Å². The minimum absolute atomic E-state index is 0.164. The molecule has 1 heterocycles. The lowest BCUT2D eigenvalue weighted by Gasteiger charge is -2.16. The first kappa shape index (κ1) is 13.7. The Kier molecular flexibility index (Phi) is 4.29. The van der Waals surface area contributed by atoms with Crippen LogP contribution in [0.3, 0.4) is 0 Å². The van der Waals surface area contributed by atoms with E-state index in [4.69, 9.17) is 5.84 Å². The van der Waals surface area contributed by atoms with Crippen molar-refractivity contribution in [2.24, 2.45) is 12.9 Å². The molecule has 1 atom stereocenters. The molecule has 3 N–H and O–H groups in total. The average molecular weight is 259 g/mol. The zero-order valence-electron chi connectivity index (χ0n) is 11.7. The maximum atomic E-state index is 5.66. The molecule has 102 valence electrons. The second kappa shape index (κ2) is 5.95. The van der Waals surface area contributed by atoms with Gasteiger partial charge in [-0.25, -0.2) is 0 Å². The number of hydrogen-bond donors (Lipinski definition) is 2. The first-order chi connectivity index (χ1) is 9.08. The fraction of sp³-hybridized carbons (Fsp3) is 0.429. The van der Waals surface area contributed by atoms with Crippen molar-refractivity contribution in [3.63, 3.8) is 0 Å². The third kappa shape index (κ3) is 3.62. The maximum Gasteiger partial charge on any atom is 0.0843 e. The van der Waals surface area contributed by atoms with Crippen molar-refractivity contribution >= 4 is 0 Å². The lowest BCUT2D eigenvalue weighted by atomic mass is 9.97. The van der Waals surface area contributed by atoms with Crippen LogP contribution >= 0.6 is 0 Å². The van der Waals surface area contributed by atoms with E-state index in [1.807, 2.05) is 13.2 Å². The van der Waals surface area contributed by atoms with Crippen LogP contribution in [0.25, 0.3) is 0 Å². The van der Waals surface area contributed by atoms with Crippen LogP contribution in [0.1, 0.15) is 22.4 Å². The quantitative estimate of drug-likeness (QED) is 0.622. The van der Waals surface area contributed by atoms with Gasteiger partial charge in [-0.05, 0) is 31.4 Å². The molecular weight excluding hydrogens is 238 g/mol. The number of aromatic nitrogens is 3. The molecule has 5 heteroatoms. The van der Waals surface area contributed by atoms with E-state index < -0.39 is 0 Å². The van der Waals surface area contributed by atoms with Crippen LogP contribution in [0, 0.1) is 13.8 Å². The van der Waals surface area contributed by atoms with E-state index in [0.29, 0.717) is 0 Å². The molecule has 0 saturated carbocycles.